The summed E-state index contributed by atoms with van der Waals surface area (Å²) in [4.78, 5) is 38.0. The van der Waals surface area contributed by atoms with Gasteiger partial charge in [0.2, 0.25) is 0 Å². The first-order chi connectivity index (χ1) is 30.5. The van der Waals surface area contributed by atoms with Gasteiger partial charge in [-0.2, -0.15) is 0 Å². The van der Waals surface area contributed by atoms with E-state index in [-0.39, 0.29) is 31.1 Å². The molecule has 0 heterocycles. The number of ether oxygens (including phenoxy) is 3. The summed E-state index contributed by atoms with van der Waals surface area (Å²) in [5, 5.41) is 0. The van der Waals surface area contributed by atoms with Crippen molar-refractivity contribution in [1.82, 2.24) is 0 Å². The Bertz CT molecular complexity index is 1090. The normalized spacial score (nSPS) is 12.4. The van der Waals surface area contributed by atoms with Crippen LogP contribution in [0.1, 0.15) is 271 Å². The number of hydrogen-bond acceptors (Lipinski definition) is 6. The van der Waals surface area contributed by atoms with Crippen LogP contribution in [0.3, 0.4) is 0 Å². The lowest BCUT2D eigenvalue weighted by atomic mass is 10.0. The summed E-state index contributed by atoms with van der Waals surface area (Å²) in [6.07, 6.45) is 60.9. The molecule has 0 aliphatic carbocycles. The number of hydrogen-bond donors (Lipinski definition) is 0. The molecule has 0 bridgehead atoms. The van der Waals surface area contributed by atoms with Crippen LogP contribution in [0.5, 0.6) is 0 Å². The molecule has 0 aliphatic rings. The summed E-state index contributed by atoms with van der Waals surface area (Å²) >= 11 is 0. The number of esters is 3. The van der Waals surface area contributed by atoms with Gasteiger partial charge in [-0.25, -0.2) is 0 Å². The lowest BCUT2D eigenvalue weighted by Crippen LogP contribution is -2.30. The highest BCUT2D eigenvalue weighted by Gasteiger charge is 2.19. The first kappa shape index (κ1) is 59.4. The standard InChI is InChI=1S/C56H100O6/c1-4-7-10-13-16-19-22-24-26-28-30-31-34-37-40-43-46-49-55(58)61-52-53(51-60-54(57)48-45-42-39-36-33-21-18-15-12-9-6-3)62-56(59)50-47-44-41-38-35-32-29-27-25-23-20-17-14-11-8-5-2/h7,10,16,19,24,26,30-31,53H,4-6,8-9,11-15,17-18,20-23,25,27-29,32-52H2,1-3H3/b10-7-,19-16-,26-24-,31-30-. The van der Waals surface area contributed by atoms with Gasteiger partial charge in [0, 0.05) is 19.3 Å². The Morgan fingerprint density at radius 3 is 0.984 bits per heavy atom. The van der Waals surface area contributed by atoms with E-state index in [9.17, 15) is 14.4 Å². The monoisotopic (exact) mass is 869 g/mol. The van der Waals surface area contributed by atoms with E-state index < -0.39 is 6.10 Å². The summed E-state index contributed by atoms with van der Waals surface area (Å²) < 4.78 is 16.8. The van der Waals surface area contributed by atoms with Crippen molar-refractivity contribution < 1.29 is 28.6 Å². The van der Waals surface area contributed by atoms with Crippen LogP contribution in [0.4, 0.5) is 0 Å². The zero-order valence-electron chi connectivity index (χ0n) is 41.1. The van der Waals surface area contributed by atoms with E-state index in [2.05, 4.69) is 69.4 Å². The highest BCUT2D eigenvalue weighted by atomic mass is 16.6. The van der Waals surface area contributed by atoms with Gasteiger partial charge in [-0.15, -0.1) is 0 Å². The Morgan fingerprint density at radius 1 is 0.339 bits per heavy atom. The van der Waals surface area contributed by atoms with E-state index in [0.29, 0.717) is 19.3 Å². The van der Waals surface area contributed by atoms with E-state index in [1.165, 1.54) is 135 Å². The van der Waals surface area contributed by atoms with Crippen LogP contribution < -0.4 is 0 Å². The van der Waals surface area contributed by atoms with Crippen molar-refractivity contribution in [2.24, 2.45) is 0 Å². The van der Waals surface area contributed by atoms with Gasteiger partial charge < -0.3 is 14.2 Å². The molecule has 0 N–H and O–H groups in total. The minimum atomic E-state index is -0.778. The van der Waals surface area contributed by atoms with Crippen LogP contribution in [0.2, 0.25) is 0 Å². The Balaban J connectivity index is 4.37. The second-order valence-corrected chi connectivity index (χ2v) is 17.8. The molecular weight excluding hydrogens is 769 g/mol. The molecule has 0 aromatic carbocycles. The van der Waals surface area contributed by atoms with Crippen molar-refractivity contribution in [2.45, 2.75) is 277 Å². The molecule has 0 aliphatic heterocycles. The minimum Gasteiger partial charge on any atom is -0.462 e. The van der Waals surface area contributed by atoms with Crippen LogP contribution in [0.15, 0.2) is 48.6 Å². The predicted molar refractivity (Wildman–Crippen MR) is 265 cm³/mol. The molecule has 62 heavy (non-hydrogen) atoms. The summed E-state index contributed by atoms with van der Waals surface area (Å²) in [6, 6.07) is 0. The van der Waals surface area contributed by atoms with Gasteiger partial charge in [0.15, 0.2) is 6.10 Å². The Kier molecular flexibility index (Phi) is 48.8. The topological polar surface area (TPSA) is 78.9 Å². The maximum absolute atomic E-state index is 12.8. The van der Waals surface area contributed by atoms with Crippen LogP contribution >= 0.6 is 0 Å². The molecule has 0 amide bonds. The Hall–Kier alpha value is -2.63. The van der Waals surface area contributed by atoms with Crippen molar-refractivity contribution in [2.75, 3.05) is 13.2 Å². The fourth-order valence-corrected chi connectivity index (χ4v) is 7.61. The molecule has 0 aromatic heterocycles. The SMILES string of the molecule is CC/C=C\C/C=C\C/C=C\C/C=C\CCCCCCC(=O)OCC(COC(=O)CCCCCCCCCCCCC)OC(=O)CCCCCCCCCCCCCCCCCC. The van der Waals surface area contributed by atoms with Crippen LogP contribution in [-0.4, -0.2) is 37.2 Å². The molecule has 1 atom stereocenters. The zero-order valence-corrected chi connectivity index (χ0v) is 41.1. The molecule has 6 nitrogen and oxygen atoms in total. The predicted octanol–water partition coefficient (Wildman–Crippen LogP) is 17.5. The average Bonchev–Trinajstić information content (AvgIpc) is 3.27. The van der Waals surface area contributed by atoms with Gasteiger partial charge >= 0.3 is 17.9 Å². The third kappa shape index (κ3) is 48.4. The molecular formula is C56H100O6. The molecule has 360 valence electrons. The molecule has 0 fully saturated rings. The lowest BCUT2D eigenvalue weighted by Gasteiger charge is -2.18. The zero-order chi connectivity index (χ0) is 45.1. The fourth-order valence-electron chi connectivity index (χ4n) is 7.61. The van der Waals surface area contributed by atoms with Gasteiger partial charge in [0.1, 0.15) is 13.2 Å². The summed E-state index contributed by atoms with van der Waals surface area (Å²) in [6.45, 7) is 6.52. The van der Waals surface area contributed by atoms with Gasteiger partial charge in [0.25, 0.3) is 0 Å². The van der Waals surface area contributed by atoms with Crippen molar-refractivity contribution in [3.05, 3.63) is 48.6 Å². The number of unbranched alkanes of at least 4 members (excludes halogenated alkanes) is 29. The number of carbonyl (C=O) groups is 3. The summed E-state index contributed by atoms with van der Waals surface area (Å²) in [5.41, 5.74) is 0. The highest BCUT2D eigenvalue weighted by Crippen LogP contribution is 2.16. The van der Waals surface area contributed by atoms with E-state index in [4.69, 9.17) is 14.2 Å². The maximum Gasteiger partial charge on any atom is 0.306 e. The minimum absolute atomic E-state index is 0.0772. The second kappa shape index (κ2) is 51.0. The van der Waals surface area contributed by atoms with Crippen molar-refractivity contribution >= 4 is 17.9 Å². The van der Waals surface area contributed by atoms with Crippen molar-refractivity contribution in [1.29, 1.82) is 0 Å². The number of rotatable bonds is 48. The molecule has 0 saturated heterocycles. The Morgan fingerprint density at radius 2 is 0.629 bits per heavy atom. The van der Waals surface area contributed by atoms with Crippen molar-refractivity contribution in [3.8, 4) is 0 Å². The van der Waals surface area contributed by atoms with Gasteiger partial charge in [-0.3, -0.25) is 14.4 Å². The highest BCUT2D eigenvalue weighted by molar-refractivity contribution is 5.71. The summed E-state index contributed by atoms with van der Waals surface area (Å²) in [7, 11) is 0. The summed E-state index contributed by atoms with van der Waals surface area (Å²) in [5.74, 6) is -0.891. The molecule has 0 rings (SSSR count). The van der Waals surface area contributed by atoms with E-state index >= 15 is 0 Å². The molecule has 0 aromatic rings. The van der Waals surface area contributed by atoms with E-state index in [1.807, 2.05) is 0 Å². The number of carbonyl (C=O) groups excluding carboxylic acids is 3. The molecule has 6 heteroatoms. The average molecular weight is 869 g/mol. The lowest BCUT2D eigenvalue weighted by molar-refractivity contribution is -0.167. The largest absolute Gasteiger partial charge is 0.462 e. The van der Waals surface area contributed by atoms with Crippen LogP contribution in [0, 0.1) is 0 Å². The van der Waals surface area contributed by atoms with Gasteiger partial charge in [0.05, 0.1) is 0 Å². The second-order valence-electron chi connectivity index (χ2n) is 17.8. The molecule has 0 spiro atoms. The first-order valence-electron chi connectivity index (χ1n) is 26.6. The first-order valence-corrected chi connectivity index (χ1v) is 26.6. The van der Waals surface area contributed by atoms with E-state index in [0.717, 1.165) is 96.3 Å². The number of allylic oxidation sites excluding steroid dienone is 8. The fraction of sp³-hybridized carbons (Fsp3) is 0.804. The molecule has 0 saturated carbocycles. The quantitative estimate of drug-likeness (QED) is 0.0262. The Labute approximate surface area is 384 Å². The van der Waals surface area contributed by atoms with Crippen LogP contribution in [-0.2, 0) is 28.6 Å². The van der Waals surface area contributed by atoms with Crippen molar-refractivity contribution in [3.63, 3.8) is 0 Å². The molecule has 1 unspecified atom stereocenters. The van der Waals surface area contributed by atoms with E-state index in [1.54, 1.807) is 0 Å². The van der Waals surface area contributed by atoms with Gasteiger partial charge in [-0.05, 0) is 57.8 Å². The third-order valence-electron chi connectivity index (χ3n) is 11.6. The molecule has 0 radical (unpaired) electrons. The third-order valence-corrected chi connectivity index (χ3v) is 11.6. The van der Waals surface area contributed by atoms with Gasteiger partial charge in [-0.1, -0.05) is 243 Å². The maximum atomic E-state index is 12.8. The van der Waals surface area contributed by atoms with Crippen LogP contribution in [0.25, 0.3) is 0 Å². The smallest absolute Gasteiger partial charge is 0.306 e.